The van der Waals surface area contributed by atoms with Crippen LogP contribution in [-0.2, 0) is 20.9 Å². The lowest BCUT2D eigenvalue weighted by atomic mass is 9.85. The molecule has 2 aliphatic rings. The Hall–Kier alpha value is -2.14. The third-order valence-electron chi connectivity index (χ3n) is 5.23. The summed E-state index contributed by atoms with van der Waals surface area (Å²) < 4.78 is 0. The lowest BCUT2D eigenvalue weighted by molar-refractivity contribution is -0.148. The molecular weight excluding hydrogens is 364 g/mol. The standard InChI is InChI=1S/C21H25ClN2O3/c1-13(2)11-18(19(25)23-12-14-7-9-15(22)10-8-14)24-20(26)16-5-3-4-6-17(16)21(24)27/h3-4,7-10,13,16-18H,5-6,11-12H2,1-2H3,(H,23,25)/t16-,17-,18+/m0/s1. The molecule has 0 spiro atoms. The first-order valence-electron chi connectivity index (χ1n) is 9.42. The van der Waals surface area contributed by atoms with E-state index in [0.717, 1.165) is 5.56 Å². The van der Waals surface area contributed by atoms with Gasteiger partial charge in [-0.15, -0.1) is 0 Å². The minimum Gasteiger partial charge on any atom is -0.350 e. The van der Waals surface area contributed by atoms with Gasteiger partial charge in [-0.25, -0.2) is 0 Å². The molecule has 0 aromatic heterocycles. The van der Waals surface area contributed by atoms with Crippen LogP contribution in [0.1, 0.15) is 38.7 Å². The Morgan fingerprint density at radius 1 is 1.11 bits per heavy atom. The SMILES string of the molecule is CC(C)C[C@H](C(=O)NCc1ccc(Cl)cc1)N1C(=O)[C@H]2CC=CC[C@@H]2C1=O. The predicted octanol–water partition coefficient (Wildman–Crippen LogP) is 3.32. The van der Waals surface area contributed by atoms with Gasteiger partial charge in [-0.05, 0) is 42.9 Å². The molecule has 1 aromatic rings. The van der Waals surface area contributed by atoms with Gasteiger partial charge < -0.3 is 5.32 Å². The molecule has 1 aliphatic carbocycles. The zero-order chi connectivity index (χ0) is 19.6. The molecule has 3 amide bonds. The minimum atomic E-state index is -0.761. The van der Waals surface area contributed by atoms with Crippen LogP contribution in [0.2, 0.25) is 5.02 Å². The van der Waals surface area contributed by atoms with Crippen LogP contribution in [-0.4, -0.2) is 28.7 Å². The first-order chi connectivity index (χ1) is 12.9. The number of carbonyl (C=O) groups is 3. The van der Waals surface area contributed by atoms with Crippen LogP contribution < -0.4 is 5.32 Å². The van der Waals surface area contributed by atoms with Crippen molar-refractivity contribution < 1.29 is 14.4 Å². The monoisotopic (exact) mass is 388 g/mol. The quantitative estimate of drug-likeness (QED) is 0.600. The third kappa shape index (κ3) is 4.24. The van der Waals surface area contributed by atoms with E-state index in [1.807, 2.05) is 38.1 Å². The molecule has 0 radical (unpaired) electrons. The molecule has 3 atom stereocenters. The summed E-state index contributed by atoms with van der Waals surface area (Å²) in [6.07, 6.45) is 5.51. The summed E-state index contributed by atoms with van der Waals surface area (Å²) in [5.74, 6) is -1.16. The Bertz CT molecular complexity index is 731. The zero-order valence-electron chi connectivity index (χ0n) is 15.7. The molecule has 27 heavy (non-hydrogen) atoms. The van der Waals surface area contributed by atoms with Gasteiger partial charge in [0.05, 0.1) is 11.8 Å². The number of hydrogen-bond donors (Lipinski definition) is 1. The molecule has 0 unspecified atom stereocenters. The minimum absolute atomic E-state index is 0.178. The summed E-state index contributed by atoms with van der Waals surface area (Å²) in [4.78, 5) is 39.9. The summed E-state index contributed by atoms with van der Waals surface area (Å²) in [6, 6.07) is 6.45. The lowest BCUT2D eigenvalue weighted by Crippen LogP contribution is -2.50. The van der Waals surface area contributed by atoms with Crippen molar-refractivity contribution in [2.75, 3.05) is 0 Å². The van der Waals surface area contributed by atoms with E-state index in [1.54, 1.807) is 12.1 Å². The maximum absolute atomic E-state index is 12.9. The first kappa shape index (κ1) is 19.6. The molecular formula is C21H25ClN2O3. The van der Waals surface area contributed by atoms with Crippen LogP contribution >= 0.6 is 11.6 Å². The average molecular weight is 389 g/mol. The summed E-state index contributed by atoms with van der Waals surface area (Å²) in [5, 5.41) is 3.51. The summed E-state index contributed by atoms with van der Waals surface area (Å²) in [6.45, 7) is 4.30. The molecule has 5 nitrogen and oxygen atoms in total. The molecule has 1 N–H and O–H groups in total. The number of hydrogen-bond acceptors (Lipinski definition) is 3. The number of carbonyl (C=O) groups excluding carboxylic acids is 3. The van der Waals surface area contributed by atoms with E-state index < -0.39 is 6.04 Å². The van der Waals surface area contributed by atoms with Crippen LogP contribution in [0.25, 0.3) is 0 Å². The molecule has 1 fully saturated rings. The number of benzene rings is 1. The summed E-state index contributed by atoms with van der Waals surface area (Å²) >= 11 is 5.89. The molecule has 3 rings (SSSR count). The Morgan fingerprint density at radius 2 is 1.67 bits per heavy atom. The van der Waals surface area contributed by atoms with Crippen molar-refractivity contribution in [3.63, 3.8) is 0 Å². The smallest absolute Gasteiger partial charge is 0.243 e. The second-order valence-electron chi connectivity index (χ2n) is 7.69. The predicted molar refractivity (Wildman–Crippen MR) is 104 cm³/mol. The van der Waals surface area contributed by atoms with Gasteiger partial charge in [-0.2, -0.15) is 0 Å². The van der Waals surface area contributed by atoms with Crippen molar-refractivity contribution >= 4 is 29.3 Å². The number of halogens is 1. The molecule has 1 saturated heterocycles. The summed E-state index contributed by atoms with van der Waals surface area (Å²) in [5.41, 5.74) is 0.910. The number of amides is 3. The van der Waals surface area contributed by atoms with Crippen molar-refractivity contribution in [3.05, 3.63) is 47.0 Å². The van der Waals surface area contributed by atoms with E-state index in [0.29, 0.717) is 30.8 Å². The van der Waals surface area contributed by atoms with Crippen molar-refractivity contribution in [2.45, 2.75) is 45.7 Å². The van der Waals surface area contributed by atoms with E-state index >= 15 is 0 Å². The average Bonchev–Trinajstić information content (AvgIpc) is 2.90. The number of nitrogens with zero attached hydrogens (tertiary/aromatic N) is 1. The van der Waals surface area contributed by atoms with Gasteiger partial charge in [0.1, 0.15) is 6.04 Å². The van der Waals surface area contributed by atoms with Crippen LogP contribution in [0.5, 0.6) is 0 Å². The van der Waals surface area contributed by atoms with Gasteiger partial charge in [0.25, 0.3) is 0 Å². The highest BCUT2D eigenvalue weighted by molar-refractivity contribution is 6.30. The number of likely N-dealkylation sites (tertiary alicyclic amines) is 1. The molecule has 144 valence electrons. The zero-order valence-corrected chi connectivity index (χ0v) is 16.4. The Labute approximate surface area is 164 Å². The van der Waals surface area contributed by atoms with Gasteiger partial charge in [-0.3, -0.25) is 19.3 Å². The maximum Gasteiger partial charge on any atom is 0.243 e. The molecule has 6 heteroatoms. The highest BCUT2D eigenvalue weighted by atomic mass is 35.5. The van der Waals surface area contributed by atoms with E-state index in [4.69, 9.17) is 11.6 Å². The second-order valence-corrected chi connectivity index (χ2v) is 8.13. The highest BCUT2D eigenvalue weighted by Crippen LogP contribution is 2.37. The van der Waals surface area contributed by atoms with E-state index in [1.165, 1.54) is 4.90 Å². The molecule has 1 heterocycles. The largest absolute Gasteiger partial charge is 0.350 e. The van der Waals surface area contributed by atoms with Crippen molar-refractivity contribution in [3.8, 4) is 0 Å². The summed E-state index contributed by atoms with van der Waals surface area (Å²) in [7, 11) is 0. The fourth-order valence-corrected chi connectivity index (χ4v) is 3.94. The number of rotatable bonds is 6. The van der Waals surface area contributed by atoms with Crippen LogP contribution in [0.4, 0.5) is 0 Å². The number of allylic oxidation sites excluding steroid dienone is 2. The van der Waals surface area contributed by atoms with Crippen molar-refractivity contribution in [2.24, 2.45) is 17.8 Å². The van der Waals surface area contributed by atoms with E-state index in [-0.39, 0.29) is 35.5 Å². The van der Waals surface area contributed by atoms with Gasteiger partial charge in [0.15, 0.2) is 0 Å². The Balaban J connectivity index is 1.75. The Kier molecular flexibility index (Phi) is 6.00. The van der Waals surface area contributed by atoms with Gasteiger partial charge in [-0.1, -0.05) is 49.7 Å². The number of fused-ring (bicyclic) bond motifs is 1. The van der Waals surface area contributed by atoms with Crippen LogP contribution in [0.15, 0.2) is 36.4 Å². The first-order valence-corrected chi connectivity index (χ1v) is 9.80. The number of imide groups is 1. The normalized spacial score (nSPS) is 22.9. The van der Waals surface area contributed by atoms with Crippen LogP contribution in [0.3, 0.4) is 0 Å². The van der Waals surface area contributed by atoms with Crippen LogP contribution in [0, 0.1) is 17.8 Å². The van der Waals surface area contributed by atoms with Crippen molar-refractivity contribution in [1.82, 2.24) is 10.2 Å². The Morgan fingerprint density at radius 3 is 2.19 bits per heavy atom. The van der Waals surface area contributed by atoms with E-state index in [9.17, 15) is 14.4 Å². The maximum atomic E-state index is 12.9. The highest BCUT2D eigenvalue weighted by Gasteiger charge is 2.51. The number of nitrogens with one attached hydrogen (secondary N) is 1. The van der Waals surface area contributed by atoms with E-state index in [2.05, 4.69) is 5.32 Å². The fourth-order valence-electron chi connectivity index (χ4n) is 3.82. The second kappa shape index (κ2) is 8.26. The molecule has 0 bridgehead atoms. The molecule has 1 aliphatic heterocycles. The molecule has 0 saturated carbocycles. The van der Waals surface area contributed by atoms with Crippen molar-refractivity contribution in [1.29, 1.82) is 0 Å². The van der Waals surface area contributed by atoms with Gasteiger partial charge in [0.2, 0.25) is 17.7 Å². The fraction of sp³-hybridized carbons (Fsp3) is 0.476. The topological polar surface area (TPSA) is 66.5 Å². The molecule has 1 aromatic carbocycles. The lowest BCUT2D eigenvalue weighted by Gasteiger charge is -2.27. The third-order valence-corrected chi connectivity index (χ3v) is 5.48. The van der Waals surface area contributed by atoms with Gasteiger partial charge >= 0.3 is 0 Å². The van der Waals surface area contributed by atoms with Gasteiger partial charge in [0, 0.05) is 11.6 Å².